The molecule has 3 nitrogen and oxygen atoms in total. The van der Waals surface area contributed by atoms with E-state index in [4.69, 9.17) is 4.98 Å². The molecule has 0 unspecified atom stereocenters. The molecule has 0 aliphatic rings. The number of rotatable bonds is 3. The predicted octanol–water partition coefficient (Wildman–Crippen LogP) is 3.34. The van der Waals surface area contributed by atoms with Gasteiger partial charge in [-0.05, 0) is 45.2 Å². The molecule has 2 aromatic heterocycles. The lowest BCUT2D eigenvalue weighted by Gasteiger charge is -2.03. The SMILES string of the molecule is CNCc1nc(-c2cc(C)cc(C)c2)c2ccccn12. The maximum Gasteiger partial charge on any atom is 0.128 e. The van der Waals surface area contributed by atoms with Gasteiger partial charge in [-0.15, -0.1) is 0 Å². The lowest BCUT2D eigenvalue weighted by atomic mass is 10.0. The number of hydrogen-bond acceptors (Lipinski definition) is 2. The van der Waals surface area contributed by atoms with Gasteiger partial charge in [0.15, 0.2) is 0 Å². The van der Waals surface area contributed by atoms with Crippen molar-refractivity contribution in [1.29, 1.82) is 0 Å². The van der Waals surface area contributed by atoms with Crippen LogP contribution in [0, 0.1) is 13.8 Å². The molecule has 0 atom stereocenters. The van der Waals surface area contributed by atoms with Crippen LogP contribution < -0.4 is 5.32 Å². The number of nitrogens with one attached hydrogen (secondary N) is 1. The van der Waals surface area contributed by atoms with Crippen LogP contribution in [-0.4, -0.2) is 16.4 Å². The van der Waals surface area contributed by atoms with Gasteiger partial charge in [0.05, 0.1) is 17.8 Å². The van der Waals surface area contributed by atoms with Crippen molar-refractivity contribution in [2.75, 3.05) is 7.05 Å². The lowest BCUT2D eigenvalue weighted by Crippen LogP contribution is -2.08. The van der Waals surface area contributed by atoms with E-state index in [2.05, 4.69) is 60.1 Å². The molecular formula is C17H19N3. The second kappa shape index (κ2) is 5.10. The van der Waals surface area contributed by atoms with Crippen molar-refractivity contribution in [1.82, 2.24) is 14.7 Å². The Morgan fingerprint density at radius 2 is 1.85 bits per heavy atom. The third-order valence-corrected chi connectivity index (χ3v) is 3.45. The molecule has 0 saturated carbocycles. The van der Waals surface area contributed by atoms with Crippen molar-refractivity contribution in [3.05, 3.63) is 59.5 Å². The monoisotopic (exact) mass is 265 g/mol. The molecule has 0 bridgehead atoms. The quantitative estimate of drug-likeness (QED) is 0.787. The fourth-order valence-electron chi connectivity index (χ4n) is 2.71. The smallest absolute Gasteiger partial charge is 0.128 e. The molecule has 3 heteroatoms. The minimum atomic E-state index is 0.760. The Labute approximate surface area is 119 Å². The number of aromatic nitrogens is 2. The van der Waals surface area contributed by atoms with E-state index in [1.165, 1.54) is 16.7 Å². The molecule has 0 amide bonds. The zero-order valence-electron chi connectivity index (χ0n) is 12.1. The summed E-state index contributed by atoms with van der Waals surface area (Å²) in [6.45, 7) is 5.02. The highest BCUT2D eigenvalue weighted by atomic mass is 15.1. The van der Waals surface area contributed by atoms with Crippen molar-refractivity contribution < 1.29 is 0 Å². The highest BCUT2D eigenvalue weighted by Crippen LogP contribution is 2.26. The van der Waals surface area contributed by atoms with Gasteiger partial charge in [-0.1, -0.05) is 23.3 Å². The number of benzene rings is 1. The maximum atomic E-state index is 4.83. The van der Waals surface area contributed by atoms with Crippen LogP contribution in [0.5, 0.6) is 0 Å². The molecule has 2 heterocycles. The summed E-state index contributed by atoms with van der Waals surface area (Å²) >= 11 is 0. The molecule has 1 N–H and O–H groups in total. The number of aryl methyl sites for hydroxylation is 2. The van der Waals surface area contributed by atoms with E-state index in [0.717, 1.165) is 23.6 Å². The standard InChI is InChI=1S/C17H19N3/c1-12-8-13(2)10-14(9-12)17-15-6-4-5-7-20(15)16(19-17)11-18-3/h4-10,18H,11H2,1-3H3. The van der Waals surface area contributed by atoms with Gasteiger partial charge in [-0.2, -0.15) is 0 Å². The van der Waals surface area contributed by atoms with Gasteiger partial charge in [0.2, 0.25) is 0 Å². The molecule has 20 heavy (non-hydrogen) atoms. The minimum absolute atomic E-state index is 0.760. The van der Waals surface area contributed by atoms with Crippen LogP contribution in [0.3, 0.4) is 0 Å². The molecule has 102 valence electrons. The van der Waals surface area contributed by atoms with Crippen molar-refractivity contribution in [3.63, 3.8) is 0 Å². The molecule has 0 fully saturated rings. The second-order valence-corrected chi connectivity index (χ2v) is 5.24. The summed E-state index contributed by atoms with van der Waals surface area (Å²) < 4.78 is 2.16. The number of nitrogens with zero attached hydrogens (tertiary/aromatic N) is 2. The Kier molecular flexibility index (Phi) is 3.28. The maximum absolute atomic E-state index is 4.83. The fourth-order valence-corrected chi connectivity index (χ4v) is 2.71. The van der Waals surface area contributed by atoms with E-state index in [0.29, 0.717) is 0 Å². The highest BCUT2D eigenvalue weighted by Gasteiger charge is 2.12. The summed E-state index contributed by atoms with van der Waals surface area (Å²) in [6, 6.07) is 12.8. The highest BCUT2D eigenvalue weighted by molar-refractivity contribution is 5.78. The van der Waals surface area contributed by atoms with Crippen LogP contribution in [-0.2, 0) is 6.54 Å². The van der Waals surface area contributed by atoms with E-state index < -0.39 is 0 Å². The van der Waals surface area contributed by atoms with Crippen molar-refractivity contribution in [2.24, 2.45) is 0 Å². The zero-order valence-corrected chi connectivity index (χ0v) is 12.1. The molecule has 0 aliphatic carbocycles. The van der Waals surface area contributed by atoms with Gasteiger partial charge in [0.25, 0.3) is 0 Å². The van der Waals surface area contributed by atoms with Crippen LogP contribution in [0.2, 0.25) is 0 Å². The van der Waals surface area contributed by atoms with Crippen LogP contribution in [0.15, 0.2) is 42.6 Å². The molecule has 3 rings (SSSR count). The second-order valence-electron chi connectivity index (χ2n) is 5.24. The van der Waals surface area contributed by atoms with Crippen molar-refractivity contribution in [3.8, 4) is 11.3 Å². The summed E-state index contributed by atoms with van der Waals surface area (Å²) in [5, 5.41) is 3.18. The summed E-state index contributed by atoms with van der Waals surface area (Å²) in [6.07, 6.45) is 2.07. The molecular weight excluding hydrogens is 246 g/mol. The van der Waals surface area contributed by atoms with Crippen LogP contribution in [0.25, 0.3) is 16.8 Å². The van der Waals surface area contributed by atoms with Crippen LogP contribution in [0.1, 0.15) is 17.0 Å². The van der Waals surface area contributed by atoms with Gasteiger partial charge in [0, 0.05) is 11.8 Å². The van der Waals surface area contributed by atoms with Gasteiger partial charge >= 0.3 is 0 Å². The lowest BCUT2D eigenvalue weighted by molar-refractivity contribution is 0.756. The van der Waals surface area contributed by atoms with E-state index in [9.17, 15) is 0 Å². The number of hydrogen-bond donors (Lipinski definition) is 1. The molecule has 0 spiro atoms. The largest absolute Gasteiger partial charge is 0.313 e. The molecule has 0 saturated heterocycles. The Bertz CT molecular complexity index is 736. The number of pyridine rings is 1. The van der Waals surface area contributed by atoms with E-state index >= 15 is 0 Å². The first-order valence-electron chi connectivity index (χ1n) is 6.88. The summed E-state index contributed by atoms with van der Waals surface area (Å²) in [7, 11) is 1.94. The summed E-state index contributed by atoms with van der Waals surface area (Å²) in [5.74, 6) is 1.04. The van der Waals surface area contributed by atoms with Crippen LogP contribution in [0.4, 0.5) is 0 Å². The normalized spacial score (nSPS) is 11.2. The van der Waals surface area contributed by atoms with Gasteiger partial charge in [0.1, 0.15) is 5.82 Å². The third kappa shape index (κ3) is 2.21. The first kappa shape index (κ1) is 12.9. The predicted molar refractivity (Wildman–Crippen MR) is 82.9 cm³/mol. The summed E-state index contributed by atoms with van der Waals surface area (Å²) in [4.78, 5) is 4.83. The molecule has 0 aliphatic heterocycles. The zero-order chi connectivity index (χ0) is 14.1. The van der Waals surface area contributed by atoms with Gasteiger partial charge in [-0.25, -0.2) is 4.98 Å². The van der Waals surface area contributed by atoms with E-state index in [1.807, 2.05) is 13.1 Å². The average Bonchev–Trinajstić information content (AvgIpc) is 2.78. The average molecular weight is 265 g/mol. The topological polar surface area (TPSA) is 29.3 Å². The molecule has 0 radical (unpaired) electrons. The minimum Gasteiger partial charge on any atom is -0.313 e. The first-order chi connectivity index (χ1) is 9.69. The Morgan fingerprint density at radius 1 is 1.10 bits per heavy atom. The Morgan fingerprint density at radius 3 is 2.55 bits per heavy atom. The van der Waals surface area contributed by atoms with Gasteiger partial charge < -0.3 is 9.72 Å². The third-order valence-electron chi connectivity index (χ3n) is 3.45. The van der Waals surface area contributed by atoms with Crippen molar-refractivity contribution in [2.45, 2.75) is 20.4 Å². The van der Waals surface area contributed by atoms with E-state index in [-0.39, 0.29) is 0 Å². The molecule has 3 aromatic rings. The summed E-state index contributed by atoms with van der Waals surface area (Å²) in [5.41, 5.74) is 5.94. The van der Waals surface area contributed by atoms with Crippen molar-refractivity contribution >= 4 is 5.52 Å². The molecule has 1 aromatic carbocycles. The Balaban J connectivity index is 2.25. The van der Waals surface area contributed by atoms with E-state index in [1.54, 1.807) is 0 Å². The number of imidazole rings is 1. The number of fused-ring (bicyclic) bond motifs is 1. The van der Waals surface area contributed by atoms with Crippen LogP contribution >= 0.6 is 0 Å². The fraction of sp³-hybridized carbons (Fsp3) is 0.235. The van der Waals surface area contributed by atoms with Gasteiger partial charge in [-0.3, -0.25) is 0 Å². The Hall–Kier alpha value is -2.13. The first-order valence-corrected chi connectivity index (χ1v) is 6.88.